The number of carbonyl (C=O) groups is 1. The summed E-state index contributed by atoms with van der Waals surface area (Å²) in [7, 11) is 0. The Hall–Kier alpha value is -2.15. The molecule has 0 saturated carbocycles. The number of aromatic hydroxyl groups is 1. The van der Waals surface area contributed by atoms with Crippen LogP contribution in [0.15, 0.2) is 34.8 Å². The van der Waals surface area contributed by atoms with Gasteiger partial charge in [0.05, 0.1) is 5.56 Å². The van der Waals surface area contributed by atoms with Gasteiger partial charge >= 0.3 is 0 Å². The zero-order valence-electron chi connectivity index (χ0n) is 9.95. The van der Waals surface area contributed by atoms with E-state index >= 15 is 0 Å². The van der Waals surface area contributed by atoms with E-state index in [1.807, 2.05) is 0 Å². The number of phenolic OH excluding ortho intramolecular Hbond substituents is 1. The summed E-state index contributed by atoms with van der Waals surface area (Å²) in [5, 5.41) is 11.4. The highest BCUT2D eigenvalue weighted by Crippen LogP contribution is 2.25. The van der Waals surface area contributed by atoms with E-state index in [2.05, 4.69) is 21.2 Å². The van der Waals surface area contributed by atoms with Crippen LogP contribution < -0.4 is 11.1 Å². The maximum absolute atomic E-state index is 13.6. The number of nitrogens with two attached hydrogens (primary N) is 1. The summed E-state index contributed by atoms with van der Waals surface area (Å²) in [6.45, 7) is 0. The molecule has 0 unspecified atom stereocenters. The molecule has 0 aliphatic carbocycles. The molecule has 0 atom stereocenters. The lowest BCUT2D eigenvalue weighted by atomic mass is 10.1. The largest absolute Gasteiger partial charge is 0.508 e. The minimum atomic E-state index is -0.927. The van der Waals surface area contributed by atoms with Crippen molar-refractivity contribution in [2.24, 2.45) is 0 Å². The van der Waals surface area contributed by atoms with Gasteiger partial charge in [0, 0.05) is 10.2 Å². The van der Waals surface area contributed by atoms with Crippen molar-refractivity contribution in [1.29, 1.82) is 0 Å². The first kappa shape index (κ1) is 14.3. The van der Waals surface area contributed by atoms with Gasteiger partial charge in [0.15, 0.2) is 11.6 Å². The molecule has 1 amide bonds. The molecule has 0 aliphatic rings. The Morgan fingerprint density at radius 3 is 2.40 bits per heavy atom. The number of nitrogens with one attached hydrogen (secondary N) is 1. The first-order valence-corrected chi connectivity index (χ1v) is 6.22. The molecule has 2 rings (SSSR count). The summed E-state index contributed by atoms with van der Waals surface area (Å²) in [5.41, 5.74) is 5.00. The fraction of sp³-hybridized carbons (Fsp3) is 0. The number of rotatable bonds is 2. The van der Waals surface area contributed by atoms with Crippen molar-refractivity contribution in [1.82, 2.24) is 0 Å². The molecule has 0 bridgehead atoms. The highest BCUT2D eigenvalue weighted by molar-refractivity contribution is 9.10. The number of benzene rings is 2. The molecule has 104 valence electrons. The molecule has 4 nitrogen and oxygen atoms in total. The molecule has 7 heteroatoms. The van der Waals surface area contributed by atoms with E-state index in [-0.39, 0.29) is 21.5 Å². The fourth-order valence-corrected chi connectivity index (χ4v) is 1.99. The number of carbonyl (C=O) groups excluding carboxylic acids is 1. The number of nitrogen functional groups attached to an aromatic ring is 1. The second-order valence-electron chi connectivity index (χ2n) is 3.97. The van der Waals surface area contributed by atoms with E-state index in [9.17, 15) is 18.7 Å². The second-order valence-corrected chi connectivity index (χ2v) is 4.89. The van der Waals surface area contributed by atoms with E-state index < -0.39 is 23.2 Å². The van der Waals surface area contributed by atoms with Crippen molar-refractivity contribution in [3.8, 4) is 5.75 Å². The van der Waals surface area contributed by atoms with Crippen LogP contribution in [0.5, 0.6) is 5.75 Å². The minimum absolute atomic E-state index is 0.0771. The quantitative estimate of drug-likeness (QED) is 0.579. The van der Waals surface area contributed by atoms with Crippen molar-refractivity contribution < 1.29 is 18.7 Å². The van der Waals surface area contributed by atoms with Crippen LogP contribution in [0.25, 0.3) is 0 Å². The third-order valence-corrected chi connectivity index (χ3v) is 2.98. The van der Waals surface area contributed by atoms with Gasteiger partial charge in [-0.3, -0.25) is 4.79 Å². The van der Waals surface area contributed by atoms with Gasteiger partial charge in [-0.2, -0.15) is 0 Å². The Balaban J connectivity index is 2.35. The summed E-state index contributed by atoms with van der Waals surface area (Å²) in [6.07, 6.45) is 0. The molecule has 0 aromatic heterocycles. The predicted molar refractivity (Wildman–Crippen MR) is 74.5 cm³/mol. The lowest BCUT2D eigenvalue weighted by Crippen LogP contribution is -2.16. The van der Waals surface area contributed by atoms with Crippen LogP contribution >= 0.6 is 15.9 Å². The Kier molecular flexibility index (Phi) is 3.89. The van der Waals surface area contributed by atoms with Crippen molar-refractivity contribution in [2.45, 2.75) is 0 Å². The van der Waals surface area contributed by atoms with E-state index in [0.29, 0.717) is 0 Å². The van der Waals surface area contributed by atoms with Gasteiger partial charge in [0.1, 0.15) is 11.4 Å². The lowest BCUT2D eigenvalue weighted by Gasteiger charge is -2.10. The molecule has 20 heavy (non-hydrogen) atoms. The van der Waals surface area contributed by atoms with Crippen LogP contribution in [0.1, 0.15) is 10.4 Å². The number of phenols is 1. The first-order valence-electron chi connectivity index (χ1n) is 5.43. The van der Waals surface area contributed by atoms with Gasteiger partial charge in [-0.05, 0) is 30.3 Å². The summed E-state index contributed by atoms with van der Waals surface area (Å²) in [5.74, 6) is -2.85. The Labute approximate surface area is 121 Å². The second kappa shape index (κ2) is 5.46. The van der Waals surface area contributed by atoms with Crippen molar-refractivity contribution >= 4 is 33.2 Å². The number of amides is 1. The summed E-state index contributed by atoms with van der Waals surface area (Å²) >= 11 is 2.93. The SMILES string of the molecule is Nc1ccc(O)cc1C(=O)Nc1c(F)cc(Br)cc1F. The van der Waals surface area contributed by atoms with Crippen LogP contribution in [0, 0.1) is 11.6 Å². The van der Waals surface area contributed by atoms with Gasteiger partial charge in [-0.1, -0.05) is 15.9 Å². The molecule has 0 spiro atoms. The van der Waals surface area contributed by atoms with Gasteiger partial charge in [0.25, 0.3) is 5.91 Å². The Morgan fingerprint density at radius 1 is 1.20 bits per heavy atom. The highest BCUT2D eigenvalue weighted by atomic mass is 79.9. The van der Waals surface area contributed by atoms with E-state index in [4.69, 9.17) is 5.73 Å². The summed E-state index contributed by atoms with van der Waals surface area (Å²) < 4.78 is 27.4. The number of hydrogen-bond acceptors (Lipinski definition) is 3. The molecule has 4 N–H and O–H groups in total. The van der Waals surface area contributed by atoms with Gasteiger partial charge < -0.3 is 16.2 Å². The first-order chi connectivity index (χ1) is 9.38. The predicted octanol–water partition coefficient (Wildman–Crippen LogP) is 3.27. The fourth-order valence-electron chi connectivity index (χ4n) is 1.58. The lowest BCUT2D eigenvalue weighted by molar-refractivity contribution is 0.102. The number of hydrogen-bond donors (Lipinski definition) is 3. The Morgan fingerprint density at radius 2 is 1.80 bits per heavy atom. The topological polar surface area (TPSA) is 75.3 Å². The average molecular weight is 343 g/mol. The van der Waals surface area contributed by atoms with Gasteiger partial charge in [-0.15, -0.1) is 0 Å². The molecule has 2 aromatic carbocycles. The van der Waals surface area contributed by atoms with Crippen LogP contribution in [-0.4, -0.2) is 11.0 Å². The molecule has 0 aliphatic heterocycles. The molecule has 0 saturated heterocycles. The van der Waals surface area contributed by atoms with Crippen LogP contribution in [-0.2, 0) is 0 Å². The molecule has 0 heterocycles. The third kappa shape index (κ3) is 2.88. The molecule has 0 radical (unpaired) electrons. The number of anilines is 2. The van der Waals surface area contributed by atoms with Crippen molar-refractivity contribution in [3.63, 3.8) is 0 Å². The zero-order chi connectivity index (χ0) is 14.9. The van der Waals surface area contributed by atoms with E-state index in [0.717, 1.165) is 18.2 Å². The summed E-state index contributed by atoms with van der Waals surface area (Å²) in [6, 6.07) is 5.76. The van der Waals surface area contributed by atoms with Crippen LogP contribution in [0.3, 0.4) is 0 Å². The standard InChI is InChI=1S/C13H9BrF2N2O2/c14-6-3-9(15)12(10(16)4-6)18-13(20)8-5-7(19)1-2-11(8)17/h1-5,19H,17H2,(H,18,20). The van der Waals surface area contributed by atoms with Crippen molar-refractivity contribution in [3.05, 3.63) is 52.0 Å². The monoisotopic (exact) mass is 342 g/mol. The Bertz CT molecular complexity index is 669. The zero-order valence-corrected chi connectivity index (χ0v) is 11.5. The summed E-state index contributed by atoms with van der Waals surface area (Å²) in [4.78, 5) is 11.9. The number of halogens is 3. The van der Waals surface area contributed by atoms with Gasteiger partial charge in [-0.25, -0.2) is 8.78 Å². The van der Waals surface area contributed by atoms with Gasteiger partial charge in [0.2, 0.25) is 0 Å². The molecular weight excluding hydrogens is 334 g/mol. The molecular formula is C13H9BrF2N2O2. The maximum Gasteiger partial charge on any atom is 0.258 e. The van der Waals surface area contributed by atoms with Crippen LogP contribution in [0.4, 0.5) is 20.2 Å². The average Bonchev–Trinajstić information content (AvgIpc) is 2.36. The smallest absolute Gasteiger partial charge is 0.258 e. The van der Waals surface area contributed by atoms with E-state index in [1.165, 1.54) is 12.1 Å². The van der Waals surface area contributed by atoms with Crippen LogP contribution in [0.2, 0.25) is 0 Å². The maximum atomic E-state index is 13.6. The highest BCUT2D eigenvalue weighted by Gasteiger charge is 2.16. The molecule has 2 aromatic rings. The van der Waals surface area contributed by atoms with Crippen molar-refractivity contribution in [2.75, 3.05) is 11.1 Å². The normalized spacial score (nSPS) is 10.3. The minimum Gasteiger partial charge on any atom is -0.508 e. The molecule has 0 fully saturated rings. The third-order valence-electron chi connectivity index (χ3n) is 2.53. The van der Waals surface area contributed by atoms with E-state index in [1.54, 1.807) is 0 Å².